The Kier molecular flexibility index (Phi) is 5.40. The van der Waals surface area contributed by atoms with Crippen molar-refractivity contribution in [2.24, 2.45) is 0 Å². The van der Waals surface area contributed by atoms with Crippen LogP contribution in [0.2, 0.25) is 0 Å². The van der Waals surface area contributed by atoms with E-state index in [2.05, 4.69) is 31.3 Å². The zero-order chi connectivity index (χ0) is 14.6. The smallest absolute Gasteiger partial charge is 0.260 e. The van der Waals surface area contributed by atoms with Crippen LogP contribution in [-0.2, 0) is 4.79 Å². The maximum Gasteiger partial charge on any atom is 0.260 e. The summed E-state index contributed by atoms with van der Waals surface area (Å²) >= 11 is 0. The van der Waals surface area contributed by atoms with Gasteiger partial charge in [0, 0.05) is 6.04 Å². The number of aryl methyl sites for hydroxylation is 1. The number of rotatable bonds is 5. The van der Waals surface area contributed by atoms with Gasteiger partial charge in [0.05, 0.1) is 0 Å². The molecule has 0 bridgehead atoms. The topological polar surface area (TPSA) is 38.3 Å². The number of ether oxygens (including phenoxy) is 1. The molecule has 0 radical (unpaired) electrons. The van der Waals surface area contributed by atoms with Crippen LogP contribution in [0.25, 0.3) is 0 Å². The molecule has 19 heavy (non-hydrogen) atoms. The van der Waals surface area contributed by atoms with Gasteiger partial charge in [0.15, 0.2) is 6.10 Å². The monoisotopic (exact) mass is 263 g/mol. The highest BCUT2D eigenvalue weighted by molar-refractivity contribution is 5.81. The molecule has 0 unspecified atom stereocenters. The van der Waals surface area contributed by atoms with E-state index >= 15 is 0 Å². The van der Waals surface area contributed by atoms with E-state index in [0.717, 1.165) is 16.9 Å². The van der Waals surface area contributed by atoms with E-state index < -0.39 is 6.10 Å². The average Bonchev–Trinajstić information content (AvgIpc) is 2.27. The van der Waals surface area contributed by atoms with Gasteiger partial charge >= 0.3 is 0 Å². The molecule has 0 spiro atoms. The second kappa shape index (κ2) is 6.60. The standard InChI is InChI=1S/C16H25NO2/c1-10(2)14-8-7-12(5)9-15(14)19-13(6)16(18)17-11(3)4/h7-11,13H,1-6H3,(H,17,18)/t13-/m1/s1. The molecule has 0 fully saturated rings. The molecule has 1 N–H and O–H groups in total. The van der Waals surface area contributed by atoms with Crippen molar-refractivity contribution >= 4 is 5.91 Å². The average molecular weight is 263 g/mol. The molecule has 1 atom stereocenters. The molecule has 1 aromatic rings. The van der Waals surface area contributed by atoms with Gasteiger partial charge in [-0.3, -0.25) is 4.79 Å². The lowest BCUT2D eigenvalue weighted by atomic mass is 10.0. The van der Waals surface area contributed by atoms with Gasteiger partial charge in [-0.2, -0.15) is 0 Å². The third kappa shape index (κ3) is 4.58. The van der Waals surface area contributed by atoms with Crippen LogP contribution in [0.1, 0.15) is 51.7 Å². The third-order valence-corrected chi connectivity index (χ3v) is 2.89. The van der Waals surface area contributed by atoms with Crippen molar-refractivity contribution in [3.05, 3.63) is 29.3 Å². The van der Waals surface area contributed by atoms with E-state index in [-0.39, 0.29) is 11.9 Å². The summed E-state index contributed by atoms with van der Waals surface area (Å²) in [5, 5.41) is 2.86. The molecule has 1 aromatic carbocycles. The number of hydrogen-bond acceptors (Lipinski definition) is 2. The molecule has 0 aliphatic rings. The van der Waals surface area contributed by atoms with Crippen LogP contribution in [0.5, 0.6) is 5.75 Å². The van der Waals surface area contributed by atoms with E-state index in [9.17, 15) is 4.79 Å². The quantitative estimate of drug-likeness (QED) is 0.884. The Hall–Kier alpha value is -1.51. The molecule has 0 aromatic heterocycles. The van der Waals surface area contributed by atoms with Gasteiger partial charge in [0.25, 0.3) is 5.91 Å². The number of carbonyl (C=O) groups is 1. The summed E-state index contributed by atoms with van der Waals surface area (Å²) in [6, 6.07) is 6.26. The summed E-state index contributed by atoms with van der Waals surface area (Å²) in [4.78, 5) is 11.9. The van der Waals surface area contributed by atoms with Gasteiger partial charge in [-0.25, -0.2) is 0 Å². The third-order valence-electron chi connectivity index (χ3n) is 2.89. The molecule has 106 valence electrons. The molecule has 1 amide bonds. The van der Waals surface area contributed by atoms with Crippen molar-refractivity contribution in [1.82, 2.24) is 5.32 Å². The minimum absolute atomic E-state index is 0.0776. The number of carbonyl (C=O) groups excluding carboxylic acids is 1. The Bertz CT molecular complexity index is 438. The Balaban J connectivity index is 2.86. The van der Waals surface area contributed by atoms with Crippen molar-refractivity contribution < 1.29 is 9.53 Å². The van der Waals surface area contributed by atoms with Crippen LogP contribution < -0.4 is 10.1 Å². The van der Waals surface area contributed by atoms with Crippen LogP contribution in [-0.4, -0.2) is 18.1 Å². The minimum Gasteiger partial charge on any atom is -0.481 e. The number of benzene rings is 1. The highest BCUT2D eigenvalue weighted by atomic mass is 16.5. The molecular weight excluding hydrogens is 238 g/mol. The van der Waals surface area contributed by atoms with E-state index in [1.165, 1.54) is 0 Å². The Morgan fingerprint density at radius 2 is 1.79 bits per heavy atom. The highest BCUT2D eigenvalue weighted by Gasteiger charge is 2.17. The van der Waals surface area contributed by atoms with Gasteiger partial charge in [0.2, 0.25) is 0 Å². The van der Waals surface area contributed by atoms with Gasteiger partial charge < -0.3 is 10.1 Å². The zero-order valence-corrected chi connectivity index (χ0v) is 12.8. The van der Waals surface area contributed by atoms with Crippen molar-refractivity contribution in [1.29, 1.82) is 0 Å². The van der Waals surface area contributed by atoms with E-state index in [4.69, 9.17) is 4.74 Å². The fourth-order valence-electron chi connectivity index (χ4n) is 1.87. The van der Waals surface area contributed by atoms with Gasteiger partial charge in [-0.05, 0) is 50.8 Å². The van der Waals surface area contributed by atoms with Gasteiger partial charge in [-0.15, -0.1) is 0 Å². The molecule has 3 nitrogen and oxygen atoms in total. The van der Waals surface area contributed by atoms with Crippen LogP contribution in [0, 0.1) is 6.92 Å². The zero-order valence-electron chi connectivity index (χ0n) is 12.8. The van der Waals surface area contributed by atoms with Gasteiger partial charge in [-0.1, -0.05) is 26.0 Å². The predicted molar refractivity (Wildman–Crippen MR) is 78.6 cm³/mol. The first kappa shape index (κ1) is 15.5. The number of amides is 1. The van der Waals surface area contributed by atoms with Crippen molar-refractivity contribution in [3.8, 4) is 5.75 Å². The Labute approximate surface area is 116 Å². The van der Waals surface area contributed by atoms with Crippen LogP contribution in [0.4, 0.5) is 0 Å². The SMILES string of the molecule is Cc1ccc(C(C)C)c(O[C@H](C)C(=O)NC(C)C)c1. The fourth-order valence-corrected chi connectivity index (χ4v) is 1.87. The first-order valence-electron chi connectivity index (χ1n) is 6.88. The molecule has 0 aliphatic heterocycles. The maximum absolute atomic E-state index is 11.9. The van der Waals surface area contributed by atoms with Gasteiger partial charge in [0.1, 0.15) is 5.75 Å². The largest absolute Gasteiger partial charge is 0.481 e. The summed E-state index contributed by atoms with van der Waals surface area (Å²) in [6.45, 7) is 11.9. The number of hydrogen-bond donors (Lipinski definition) is 1. The van der Waals surface area contributed by atoms with E-state index in [1.54, 1.807) is 6.92 Å². The lowest BCUT2D eigenvalue weighted by Gasteiger charge is -2.20. The second-order valence-corrected chi connectivity index (χ2v) is 5.62. The van der Waals surface area contributed by atoms with Crippen LogP contribution in [0.3, 0.4) is 0 Å². The second-order valence-electron chi connectivity index (χ2n) is 5.62. The first-order chi connectivity index (χ1) is 8.81. The molecule has 1 rings (SSSR count). The summed E-state index contributed by atoms with van der Waals surface area (Å²) < 4.78 is 5.84. The highest BCUT2D eigenvalue weighted by Crippen LogP contribution is 2.28. The lowest BCUT2D eigenvalue weighted by Crippen LogP contribution is -2.40. The van der Waals surface area contributed by atoms with Crippen LogP contribution in [0.15, 0.2) is 18.2 Å². The fraction of sp³-hybridized carbons (Fsp3) is 0.562. The summed E-state index contributed by atoms with van der Waals surface area (Å²) in [6.07, 6.45) is -0.485. The predicted octanol–water partition coefficient (Wildman–Crippen LogP) is 3.41. The molecule has 0 saturated carbocycles. The molecule has 3 heteroatoms. The van der Waals surface area contributed by atoms with E-state index in [1.807, 2.05) is 26.8 Å². The molecule has 0 saturated heterocycles. The number of nitrogens with one attached hydrogen (secondary N) is 1. The summed E-state index contributed by atoms with van der Waals surface area (Å²) in [7, 11) is 0. The minimum atomic E-state index is -0.485. The Morgan fingerprint density at radius 3 is 2.32 bits per heavy atom. The van der Waals surface area contributed by atoms with E-state index in [0.29, 0.717) is 5.92 Å². The van der Waals surface area contributed by atoms with Crippen LogP contribution >= 0.6 is 0 Å². The lowest BCUT2D eigenvalue weighted by molar-refractivity contribution is -0.127. The Morgan fingerprint density at radius 1 is 1.16 bits per heavy atom. The van der Waals surface area contributed by atoms with Crippen molar-refractivity contribution in [2.45, 2.75) is 59.6 Å². The maximum atomic E-state index is 11.9. The molecule has 0 heterocycles. The molecule has 0 aliphatic carbocycles. The normalized spacial score (nSPS) is 12.6. The first-order valence-corrected chi connectivity index (χ1v) is 6.88. The van der Waals surface area contributed by atoms with Crippen molar-refractivity contribution in [2.75, 3.05) is 0 Å². The van der Waals surface area contributed by atoms with Crippen molar-refractivity contribution in [3.63, 3.8) is 0 Å². The molecular formula is C16H25NO2. The summed E-state index contributed by atoms with van der Waals surface area (Å²) in [5.41, 5.74) is 2.27. The summed E-state index contributed by atoms with van der Waals surface area (Å²) in [5.74, 6) is 1.10.